The van der Waals surface area contributed by atoms with Crippen molar-refractivity contribution in [1.29, 1.82) is 0 Å². The lowest BCUT2D eigenvalue weighted by atomic mass is 9.93. The van der Waals surface area contributed by atoms with E-state index in [2.05, 4.69) is 18.0 Å². The summed E-state index contributed by atoms with van der Waals surface area (Å²) in [6.45, 7) is 3.10. The van der Waals surface area contributed by atoms with Crippen LogP contribution in [0.4, 0.5) is 4.79 Å². The van der Waals surface area contributed by atoms with Crippen LogP contribution < -0.4 is 0 Å². The zero-order chi connectivity index (χ0) is 22.4. The highest BCUT2D eigenvalue weighted by Crippen LogP contribution is 2.29. The van der Waals surface area contributed by atoms with E-state index < -0.39 is 28.3 Å². The van der Waals surface area contributed by atoms with Crippen LogP contribution in [0.15, 0.2) is 18.3 Å². The molecule has 0 atom stereocenters. The average Bonchev–Trinajstić information content (AvgIpc) is 2.78. The molecule has 0 aliphatic carbocycles. The molecule has 172 valence electrons. The molecular weight excluding hydrogens is 422 g/mol. The Kier molecular flexibility index (Phi) is 7.88. The first-order chi connectivity index (χ1) is 14.8. The lowest BCUT2D eigenvalue weighted by Crippen LogP contribution is -2.43. The number of aromatic nitrogens is 1. The van der Waals surface area contributed by atoms with E-state index >= 15 is 0 Å². The summed E-state index contributed by atoms with van der Waals surface area (Å²) in [5.74, 6) is -1.21. The van der Waals surface area contributed by atoms with Crippen LogP contribution in [0.3, 0.4) is 0 Å². The third-order valence-electron chi connectivity index (χ3n) is 6.14. The number of aryl methyl sites for hydroxylation is 1. The van der Waals surface area contributed by atoms with Gasteiger partial charge in [-0.15, -0.1) is 0 Å². The van der Waals surface area contributed by atoms with Gasteiger partial charge < -0.3 is 14.2 Å². The largest absolute Gasteiger partial charge is 0.465 e. The van der Waals surface area contributed by atoms with Gasteiger partial charge in [0.15, 0.2) is 0 Å². The summed E-state index contributed by atoms with van der Waals surface area (Å²) in [5.41, 5.74) is 2.19. The fraction of sp³-hybridized carbons (Fsp3) is 0.667. The van der Waals surface area contributed by atoms with Gasteiger partial charge in [-0.2, -0.15) is 12.7 Å². The molecule has 0 spiro atoms. The van der Waals surface area contributed by atoms with E-state index in [9.17, 15) is 18.0 Å². The standard InChI is InChI=1S/C21H31N3O6S/c1-2-3-4-16-5-6-19(22-15-16)17-9-13-24(14-10-17)31(28,29)30-20(25)18-7-11-23(12-8-18)21(26)27/h5-6,15,17-18H,2-4,7-14H2,1H3,(H,26,27). The summed E-state index contributed by atoms with van der Waals surface area (Å²) in [7, 11) is -4.15. The number of unbranched alkanes of at least 4 members (excludes halogenated alkanes) is 1. The van der Waals surface area contributed by atoms with Gasteiger partial charge in [-0.3, -0.25) is 9.78 Å². The van der Waals surface area contributed by atoms with Crippen molar-refractivity contribution in [3.05, 3.63) is 29.6 Å². The molecule has 31 heavy (non-hydrogen) atoms. The summed E-state index contributed by atoms with van der Waals surface area (Å²) in [4.78, 5) is 29.1. The van der Waals surface area contributed by atoms with E-state index in [1.54, 1.807) is 0 Å². The van der Waals surface area contributed by atoms with Gasteiger partial charge in [0.25, 0.3) is 0 Å². The number of likely N-dealkylation sites (tertiary alicyclic amines) is 1. The van der Waals surface area contributed by atoms with Crippen molar-refractivity contribution >= 4 is 22.4 Å². The highest BCUT2D eigenvalue weighted by Gasteiger charge is 2.35. The van der Waals surface area contributed by atoms with Crippen LogP contribution in [0.5, 0.6) is 0 Å². The number of hydrogen-bond acceptors (Lipinski definition) is 6. The van der Waals surface area contributed by atoms with Gasteiger partial charge in [-0.05, 0) is 50.2 Å². The second kappa shape index (κ2) is 10.4. The number of hydrogen-bond donors (Lipinski definition) is 1. The predicted octanol–water partition coefficient (Wildman–Crippen LogP) is 2.78. The Balaban J connectivity index is 1.49. The van der Waals surface area contributed by atoms with E-state index in [0.717, 1.165) is 25.0 Å². The van der Waals surface area contributed by atoms with Gasteiger partial charge in [0.05, 0.1) is 5.92 Å². The fourth-order valence-corrected chi connectivity index (χ4v) is 5.22. The maximum Gasteiger partial charge on any atom is 0.407 e. The predicted molar refractivity (Wildman–Crippen MR) is 114 cm³/mol. The van der Waals surface area contributed by atoms with E-state index in [1.807, 2.05) is 12.3 Å². The second-order valence-corrected chi connectivity index (χ2v) is 9.81. The first-order valence-electron chi connectivity index (χ1n) is 11.0. The summed E-state index contributed by atoms with van der Waals surface area (Å²) in [6, 6.07) is 4.13. The van der Waals surface area contributed by atoms with Crippen LogP contribution >= 0.6 is 0 Å². The Morgan fingerprint density at radius 3 is 2.35 bits per heavy atom. The Morgan fingerprint density at radius 2 is 1.81 bits per heavy atom. The average molecular weight is 454 g/mol. The number of nitrogens with zero attached hydrogens (tertiary/aromatic N) is 3. The summed E-state index contributed by atoms with van der Waals surface area (Å²) in [6.07, 6.45) is 5.94. The fourth-order valence-electron chi connectivity index (χ4n) is 4.11. The molecule has 0 bridgehead atoms. The SMILES string of the molecule is CCCCc1ccc(C2CCN(S(=O)(=O)OC(=O)C3CCN(C(=O)O)CC3)CC2)nc1. The molecule has 0 radical (unpaired) electrons. The van der Waals surface area contributed by atoms with Gasteiger partial charge in [0.1, 0.15) is 0 Å². The minimum Gasteiger partial charge on any atom is -0.465 e. The summed E-state index contributed by atoms with van der Waals surface area (Å²) in [5, 5.41) is 8.97. The van der Waals surface area contributed by atoms with Crippen LogP contribution in [0.2, 0.25) is 0 Å². The lowest BCUT2D eigenvalue weighted by molar-refractivity contribution is -0.140. The van der Waals surface area contributed by atoms with Gasteiger partial charge in [0, 0.05) is 44.0 Å². The molecule has 1 aromatic rings. The van der Waals surface area contributed by atoms with Crippen LogP contribution in [0.1, 0.15) is 62.6 Å². The number of piperidine rings is 2. The van der Waals surface area contributed by atoms with Crippen molar-refractivity contribution in [2.45, 2.75) is 57.8 Å². The molecule has 0 aromatic carbocycles. The Bertz CT molecular complexity index is 858. The third-order valence-corrected chi connectivity index (χ3v) is 7.51. The molecule has 10 heteroatoms. The Labute approximate surface area is 183 Å². The van der Waals surface area contributed by atoms with Crippen molar-refractivity contribution < 1.29 is 27.3 Å². The lowest BCUT2D eigenvalue weighted by Gasteiger charge is -2.31. The van der Waals surface area contributed by atoms with Crippen molar-refractivity contribution in [2.24, 2.45) is 5.92 Å². The number of carbonyl (C=O) groups excluding carboxylic acids is 1. The topological polar surface area (TPSA) is 117 Å². The molecule has 2 saturated heterocycles. The smallest absolute Gasteiger partial charge is 0.407 e. The first kappa shape index (κ1) is 23.5. The van der Waals surface area contributed by atoms with Crippen molar-refractivity contribution in [2.75, 3.05) is 26.2 Å². The molecule has 1 N–H and O–H groups in total. The molecule has 2 fully saturated rings. The maximum absolute atomic E-state index is 12.6. The van der Waals surface area contributed by atoms with Crippen LogP contribution in [0, 0.1) is 5.92 Å². The molecular formula is C21H31N3O6S. The molecule has 0 unspecified atom stereocenters. The molecule has 1 amide bonds. The Hall–Kier alpha value is -2.20. The van der Waals surface area contributed by atoms with Crippen molar-refractivity contribution in [3.8, 4) is 0 Å². The van der Waals surface area contributed by atoms with Crippen molar-refractivity contribution in [1.82, 2.24) is 14.2 Å². The zero-order valence-corrected chi connectivity index (χ0v) is 18.7. The van der Waals surface area contributed by atoms with Gasteiger partial charge >= 0.3 is 22.4 Å². The number of carboxylic acid groups (broad SMARTS) is 1. The minimum absolute atomic E-state index is 0.183. The first-order valence-corrected chi connectivity index (χ1v) is 12.3. The molecule has 3 rings (SSSR count). The number of amides is 1. The molecule has 9 nitrogen and oxygen atoms in total. The quantitative estimate of drug-likeness (QED) is 0.674. The Morgan fingerprint density at radius 1 is 1.13 bits per heavy atom. The maximum atomic E-state index is 12.6. The van der Waals surface area contributed by atoms with E-state index in [4.69, 9.17) is 9.29 Å². The van der Waals surface area contributed by atoms with Crippen LogP contribution in [-0.2, 0) is 25.7 Å². The number of carbonyl (C=O) groups is 2. The van der Waals surface area contributed by atoms with E-state index in [0.29, 0.717) is 12.8 Å². The number of pyridine rings is 1. The summed E-state index contributed by atoms with van der Waals surface area (Å²) >= 11 is 0. The van der Waals surface area contributed by atoms with Crippen LogP contribution in [-0.4, -0.2) is 66.0 Å². The molecule has 2 aliphatic heterocycles. The normalized spacial score (nSPS) is 19.3. The van der Waals surface area contributed by atoms with Crippen molar-refractivity contribution in [3.63, 3.8) is 0 Å². The summed E-state index contributed by atoms with van der Waals surface area (Å²) < 4.78 is 31.2. The highest BCUT2D eigenvalue weighted by atomic mass is 32.2. The van der Waals surface area contributed by atoms with Crippen LogP contribution in [0.25, 0.3) is 0 Å². The molecule has 0 saturated carbocycles. The van der Waals surface area contributed by atoms with Gasteiger partial charge in [-0.25, -0.2) is 4.79 Å². The second-order valence-electron chi connectivity index (χ2n) is 8.27. The number of rotatable bonds is 7. The molecule has 2 aliphatic rings. The van der Waals surface area contributed by atoms with E-state index in [1.165, 1.54) is 14.8 Å². The minimum atomic E-state index is -4.15. The molecule has 3 heterocycles. The zero-order valence-electron chi connectivity index (χ0n) is 17.9. The highest BCUT2D eigenvalue weighted by molar-refractivity contribution is 7.84. The monoisotopic (exact) mass is 453 g/mol. The van der Waals surface area contributed by atoms with E-state index in [-0.39, 0.29) is 44.9 Å². The molecule has 1 aromatic heterocycles. The van der Waals surface area contributed by atoms with Gasteiger partial charge in [0.2, 0.25) is 0 Å². The van der Waals surface area contributed by atoms with Gasteiger partial charge in [-0.1, -0.05) is 19.4 Å². The third kappa shape index (κ3) is 6.16.